The number of hydrogen-bond donors (Lipinski definition) is 1. The van der Waals surface area contributed by atoms with E-state index in [4.69, 9.17) is 4.74 Å². The summed E-state index contributed by atoms with van der Waals surface area (Å²) in [6.45, 7) is 0. The number of ether oxygens (including phenoxy) is 1. The summed E-state index contributed by atoms with van der Waals surface area (Å²) in [5.41, 5.74) is 5.90. The van der Waals surface area contributed by atoms with Crippen molar-refractivity contribution in [2.75, 3.05) is 38.0 Å². The van der Waals surface area contributed by atoms with Crippen molar-refractivity contribution in [2.24, 2.45) is 0 Å². The van der Waals surface area contributed by atoms with Crippen LogP contribution in [0, 0.1) is 0 Å². The second-order valence-corrected chi connectivity index (χ2v) is 8.77. The van der Waals surface area contributed by atoms with E-state index in [1.54, 1.807) is 0 Å². The number of nitrogens with zero attached hydrogens (tertiary/aromatic N) is 2. The third-order valence-electron chi connectivity index (χ3n) is 6.24. The van der Waals surface area contributed by atoms with E-state index in [9.17, 15) is 0 Å². The monoisotopic (exact) mass is 423 g/mol. The average molecular weight is 424 g/mol. The summed E-state index contributed by atoms with van der Waals surface area (Å²) in [7, 11) is 8.24. The molecule has 4 nitrogen and oxygen atoms in total. The lowest BCUT2D eigenvalue weighted by Gasteiger charge is -2.35. The molecule has 0 bridgehead atoms. The summed E-state index contributed by atoms with van der Waals surface area (Å²) in [5.74, 6) is 0.936. The van der Waals surface area contributed by atoms with Crippen LogP contribution in [-0.4, -0.2) is 28.2 Å². The van der Waals surface area contributed by atoms with Gasteiger partial charge in [-0.3, -0.25) is 5.32 Å². The molecule has 0 spiro atoms. The highest BCUT2D eigenvalue weighted by Gasteiger charge is 2.31. The highest BCUT2D eigenvalue weighted by Crippen LogP contribution is 2.43. The first-order valence-electron chi connectivity index (χ1n) is 11.0. The zero-order valence-electron chi connectivity index (χ0n) is 19.0. The molecule has 1 N–H and O–H groups in total. The molecule has 0 saturated carbocycles. The number of rotatable bonds is 4. The summed E-state index contributed by atoms with van der Waals surface area (Å²) >= 11 is 0. The minimum atomic E-state index is -0.224. The molecule has 0 aromatic heterocycles. The lowest BCUT2D eigenvalue weighted by atomic mass is 9.91. The van der Waals surface area contributed by atoms with E-state index >= 15 is 0 Å². The highest BCUT2D eigenvalue weighted by molar-refractivity contribution is 5.89. The van der Waals surface area contributed by atoms with Crippen molar-refractivity contribution >= 4 is 22.1 Å². The first-order chi connectivity index (χ1) is 15.5. The molecule has 4 aromatic carbocycles. The molecule has 1 heterocycles. The molecule has 1 aliphatic rings. The summed E-state index contributed by atoms with van der Waals surface area (Å²) in [6.07, 6.45) is -0.224. The van der Waals surface area contributed by atoms with Crippen LogP contribution in [0.1, 0.15) is 29.0 Å². The summed E-state index contributed by atoms with van der Waals surface area (Å²) in [6, 6.07) is 30.2. The Labute approximate surface area is 190 Å². The van der Waals surface area contributed by atoms with Gasteiger partial charge in [0.2, 0.25) is 0 Å². The fourth-order valence-corrected chi connectivity index (χ4v) is 4.41. The minimum Gasteiger partial charge on any atom is -0.471 e. The van der Waals surface area contributed by atoms with Crippen molar-refractivity contribution in [3.05, 3.63) is 102 Å². The number of hydrogen-bond acceptors (Lipinski definition) is 4. The van der Waals surface area contributed by atoms with Gasteiger partial charge in [0.05, 0.1) is 6.04 Å². The average Bonchev–Trinajstić information content (AvgIpc) is 2.83. The van der Waals surface area contributed by atoms with Gasteiger partial charge in [-0.1, -0.05) is 54.6 Å². The van der Waals surface area contributed by atoms with Crippen LogP contribution in [0.2, 0.25) is 0 Å². The molecule has 32 heavy (non-hydrogen) atoms. The fourth-order valence-electron chi connectivity index (χ4n) is 4.41. The second-order valence-electron chi connectivity index (χ2n) is 8.77. The van der Waals surface area contributed by atoms with Gasteiger partial charge in [-0.2, -0.15) is 0 Å². The maximum absolute atomic E-state index is 6.51. The van der Waals surface area contributed by atoms with E-state index in [0.717, 1.165) is 11.3 Å². The van der Waals surface area contributed by atoms with Crippen LogP contribution >= 0.6 is 0 Å². The molecule has 5 rings (SSSR count). The summed E-state index contributed by atoms with van der Waals surface area (Å²) in [4.78, 5) is 4.23. The Hall–Kier alpha value is -3.50. The Morgan fingerprint density at radius 1 is 0.656 bits per heavy atom. The Balaban J connectivity index is 1.60. The van der Waals surface area contributed by atoms with Gasteiger partial charge >= 0.3 is 0 Å². The van der Waals surface area contributed by atoms with E-state index < -0.39 is 0 Å². The van der Waals surface area contributed by atoms with Gasteiger partial charge in [0.15, 0.2) is 6.23 Å². The Morgan fingerprint density at radius 3 is 1.88 bits per heavy atom. The number of benzene rings is 4. The van der Waals surface area contributed by atoms with Crippen molar-refractivity contribution in [3.63, 3.8) is 0 Å². The van der Waals surface area contributed by atoms with Crippen LogP contribution in [0.4, 0.5) is 11.4 Å². The van der Waals surface area contributed by atoms with Gasteiger partial charge in [-0.15, -0.1) is 0 Å². The molecule has 0 fully saturated rings. The smallest absolute Gasteiger partial charge is 0.177 e. The largest absolute Gasteiger partial charge is 0.471 e. The maximum atomic E-state index is 6.51. The van der Waals surface area contributed by atoms with Crippen molar-refractivity contribution in [2.45, 2.75) is 12.3 Å². The quantitative estimate of drug-likeness (QED) is 0.453. The van der Waals surface area contributed by atoms with Crippen LogP contribution < -0.4 is 19.9 Å². The molecule has 1 aliphatic heterocycles. The van der Waals surface area contributed by atoms with E-state index in [1.165, 1.54) is 33.3 Å². The molecule has 2 atom stereocenters. The van der Waals surface area contributed by atoms with Crippen LogP contribution in [0.15, 0.2) is 84.9 Å². The SMILES string of the molecule is CN(C)c1ccc([C@H]2N[C@@H](c3ccc(N(C)C)cc3)Oc3ccc4ccccc4c32)cc1. The summed E-state index contributed by atoms with van der Waals surface area (Å²) in [5, 5.41) is 6.23. The zero-order valence-corrected chi connectivity index (χ0v) is 19.0. The number of nitrogens with one attached hydrogen (secondary N) is 1. The molecule has 0 aliphatic carbocycles. The topological polar surface area (TPSA) is 27.7 Å². The van der Waals surface area contributed by atoms with Crippen LogP contribution in [0.5, 0.6) is 5.75 Å². The van der Waals surface area contributed by atoms with E-state index in [0.29, 0.717) is 0 Å². The third kappa shape index (κ3) is 3.67. The van der Waals surface area contributed by atoms with Crippen molar-refractivity contribution in [1.29, 1.82) is 0 Å². The van der Waals surface area contributed by atoms with Crippen molar-refractivity contribution in [1.82, 2.24) is 5.32 Å². The van der Waals surface area contributed by atoms with E-state index in [2.05, 4.69) is 128 Å². The highest BCUT2D eigenvalue weighted by atomic mass is 16.5. The molecule has 0 amide bonds. The first kappa shape index (κ1) is 20.4. The second kappa shape index (κ2) is 8.21. The molecule has 162 valence electrons. The third-order valence-corrected chi connectivity index (χ3v) is 6.24. The van der Waals surface area contributed by atoms with E-state index in [-0.39, 0.29) is 12.3 Å². The molecular formula is C28H29N3O. The number of anilines is 2. The van der Waals surface area contributed by atoms with Gasteiger partial charge in [0, 0.05) is 50.7 Å². The predicted molar refractivity (Wildman–Crippen MR) is 134 cm³/mol. The van der Waals surface area contributed by atoms with Crippen LogP contribution in [0.25, 0.3) is 10.8 Å². The van der Waals surface area contributed by atoms with Crippen LogP contribution in [0.3, 0.4) is 0 Å². The van der Waals surface area contributed by atoms with Gasteiger partial charge in [0.1, 0.15) is 5.75 Å². The maximum Gasteiger partial charge on any atom is 0.177 e. The summed E-state index contributed by atoms with van der Waals surface area (Å²) < 4.78 is 6.51. The first-order valence-corrected chi connectivity index (χ1v) is 11.0. The minimum absolute atomic E-state index is 0.0274. The van der Waals surface area contributed by atoms with Gasteiger partial charge in [0.25, 0.3) is 0 Å². The zero-order chi connectivity index (χ0) is 22.2. The van der Waals surface area contributed by atoms with Gasteiger partial charge in [-0.25, -0.2) is 0 Å². The van der Waals surface area contributed by atoms with Crippen molar-refractivity contribution in [3.8, 4) is 5.75 Å². The predicted octanol–water partition coefficient (Wildman–Crippen LogP) is 5.74. The lowest BCUT2D eigenvalue weighted by molar-refractivity contribution is 0.134. The number of fused-ring (bicyclic) bond motifs is 3. The Kier molecular flexibility index (Phi) is 5.24. The van der Waals surface area contributed by atoms with Crippen molar-refractivity contribution < 1.29 is 4.74 Å². The van der Waals surface area contributed by atoms with E-state index in [1.807, 2.05) is 0 Å². The molecule has 4 aromatic rings. The molecule has 0 saturated heterocycles. The molecule has 4 heteroatoms. The Morgan fingerprint density at radius 2 is 1.25 bits per heavy atom. The molecule has 0 unspecified atom stereocenters. The van der Waals surface area contributed by atoms with Gasteiger partial charge < -0.3 is 14.5 Å². The lowest BCUT2D eigenvalue weighted by Crippen LogP contribution is -2.35. The normalized spacial score (nSPS) is 17.5. The standard InChI is InChI=1S/C28H29N3O/c1-30(2)22-14-9-20(10-15-22)27-26-24-8-6-5-7-19(24)13-18-25(26)32-28(29-27)21-11-16-23(17-12-21)31(3)4/h5-18,27-29H,1-4H3/t27-,28-/m1/s1. The van der Waals surface area contributed by atoms with Gasteiger partial charge in [-0.05, 0) is 46.7 Å². The van der Waals surface area contributed by atoms with Crippen LogP contribution in [-0.2, 0) is 0 Å². The Bertz CT molecular complexity index is 1230. The molecular weight excluding hydrogens is 394 g/mol. The fraction of sp³-hybridized carbons (Fsp3) is 0.214. The molecule has 0 radical (unpaired) electrons.